The topological polar surface area (TPSA) is 117 Å². The molecule has 1 fully saturated rings. The van der Waals surface area contributed by atoms with Gasteiger partial charge in [-0.05, 0) is 37.0 Å². The molecule has 5 aromatic rings. The van der Waals surface area contributed by atoms with Gasteiger partial charge >= 0.3 is 0 Å². The number of fused-ring (bicyclic) bond motifs is 3. The smallest absolute Gasteiger partial charge is 0.255 e. The molecule has 0 bridgehead atoms. The number of halogens is 1. The largest absolute Gasteiger partial charge is 0.491 e. The first kappa shape index (κ1) is 25.7. The van der Waals surface area contributed by atoms with Crippen LogP contribution < -0.4 is 10.5 Å². The van der Waals surface area contributed by atoms with Gasteiger partial charge in [-0.25, -0.2) is 19.3 Å². The molecule has 4 aromatic heterocycles. The van der Waals surface area contributed by atoms with Crippen molar-refractivity contribution in [3.05, 3.63) is 59.9 Å². The van der Waals surface area contributed by atoms with Crippen molar-refractivity contribution in [2.45, 2.75) is 38.3 Å². The van der Waals surface area contributed by atoms with Crippen LogP contribution in [0.5, 0.6) is 5.75 Å². The van der Waals surface area contributed by atoms with E-state index in [0.29, 0.717) is 43.0 Å². The number of rotatable bonds is 10. The van der Waals surface area contributed by atoms with Gasteiger partial charge < -0.3 is 28.9 Å². The van der Waals surface area contributed by atoms with Gasteiger partial charge in [-0.1, -0.05) is 12.1 Å². The molecule has 1 atom stereocenters. The van der Waals surface area contributed by atoms with Crippen molar-refractivity contribution in [2.75, 3.05) is 26.4 Å². The summed E-state index contributed by atoms with van der Waals surface area (Å²) < 4.78 is 29.0. The summed E-state index contributed by atoms with van der Waals surface area (Å²) in [6.45, 7) is 1.33. The lowest BCUT2D eigenvalue weighted by atomic mass is 10.0. The van der Waals surface area contributed by atoms with Crippen LogP contribution in [0, 0.1) is 5.92 Å². The lowest BCUT2D eigenvalue weighted by Gasteiger charge is -2.29. The second-order valence-electron chi connectivity index (χ2n) is 11.1. The lowest BCUT2D eigenvalue weighted by molar-refractivity contribution is 0.0723. The van der Waals surface area contributed by atoms with Crippen LogP contribution in [0.25, 0.3) is 33.6 Å². The molecule has 2 N–H and O–H groups in total. The van der Waals surface area contributed by atoms with Gasteiger partial charge in [0.25, 0.3) is 5.91 Å². The van der Waals surface area contributed by atoms with Crippen LogP contribution in [0.15, 0.2) is 47.3 Å². The third kappa shape index (κ3) is 4.73. The maximum Gasteiger partial charge on any atom is 0.255 e. The molecule has 1 amide bonds. The summed E-state index contributed by atoms with van der Waals surface area (Å²) >= 11 is 0. The zero-order valence-electron chi connectivity index (χ0n) is 22.9. The summed E-state index contributed by atoms with van der Waals surface area (Å²) in [6, 6.07) is 9.40. The van der Waals surface area contributed by atoms with E-state index < -0.39 is 12.7 Å². The predicted octanol–water partition coefficient (Wildman–Crippen LogP) is 3.90. The molecular formula is C30H32FN7O3. The van der Waals surface area contributed by atoms with E-state index in [0.717, 1.165) is 51.8 Å². The highest BCUT2D eigenvalue weighted by molar-refractivity contribution is 5.99. The predicted molar refractivity (Wildman–Crippen MR) is 151 cm³/mol. The molecule has 5 heterocycles. The minimum Gasteiger partial charge on any atom is -0.491 e. The van der Waals surface area contributed by atoms with Crippen LogP contribution in [-0.2, 0) is 26.4 Å². The average Bonchev–Trinajstić information content (AvgIpc) is 3.35. The quantitative estimate of drug-likeness (QED) is 0.277. The average molecular weight is 558 g/mol. The van der Waals surface area contributed by atoms with Gasteiger partial charge in [0, 0.05) is 44.9 Å². The molecule has 1 aliphatic carbocycles. The Kier molecular flexibility index (Phi) is 6.45. The molecule has 7 rings (SSSR count). The summed E-state index contributed by atoms with van der Waals surface area (Å²) in [4.78, 5) is 28.7. The van der Waals surface area contributed by atoms with Gasteiger partial charge in [0.05, 0.1) is 41.3 Å². The molecule has 0 saturated heterocycles. The van der Waals surface area contributed by atoms with Gasteiger partial charge in [0.2, 0.25) is 0 Å². The molecule has 1 aliphatic heterocycles. The Hall–Kier alpha value is -4.25. The number of hydrogen-bond donors (Lipinski definition) is 1. The fraction of sp³-hybridized carbons (Fsp3) is 0.400. The van der Waals surface area contributed by atoms with Crippen LogP contribution in [-0.4, -0.2) is 67.3 Å². The van der Waals surface area contributed by atoms with E-state index in [4.69, 9.17) is 24.9 Å². The van der Waals surface area contributed by atoms with Crippen molar-refractivity contribution in [3.8, 4) is 17.3 Å². The number of carbonyl (C=O) groups excluding carboxylic acids is 1. The van der Waals surface area contributed by atoms with Crippen LogP contribution in [0.3, 0.4) is 0 Å². The molecule has 1 saturated carbocycles. The van der Waals surface area contributed by atoms with Crippen LogP contribution >= 0.6 is 0 Å². The number of carbonyl (C=O) groups is 1. The van der Waals surface area contributed by atoms with E-state index >= 15 is 0 Å². The molecule has 41 heavy (non-hydrogen) atoms. The highest BCUT2D eigenvalue weighted by atomic mass is 19.1. The standard InChI is InChI=1S/C30H32FN7O3/c1-36-28-24(12-22-23(34-28)7-9-37(30(22)39)16-20(32)13-31)35-29(36)25-11-19-3-2-4-26(27(19)38(25)15-18-5-6-18)40-10-8-21-14-33-17-41-21/h2-4,11-12,14,17-18,20H,5-10,13,15-16,32H2,1H3/t20-/m1/s1. The second-order valence-corrected chi connectivity index (χ2v) is 11.1. The van der Waals surface area contributed by atoms with Crippen LogP contribution in [0.1, 0.15) is 34.7 Å². The summed E-state index contributed by atoms with van der Waals surface area (Å²) in [5, 5.41) is 1.08. The normalized spacial score (nSPS) is 16.1. The van der Waals surface area contributed by atoms with Crippen molar-refractivity contribution >= 4 is 28.0 Å². The Morgan fingerprint density at radius 3 is 2.90 bits per heavy atom. The monoisotopic (exact) mass is 557 g/mol. The molecule has 212 valence electrons. The van der Waals surface area contributed by atoms with Crippen molar-refractivity contribution in [1.82, 2.24) is 29.0 Å². The number of benzene rings is 1. The minimum absolute atomic E-state index is 0.174. The molecule has 1 aromatic carbocycles. The van der Waals surface area contributed by atoms with Crippen LogP contribution in [0.4, 0.5) is 4.39 Å². The highest BCUT2D eigenvalue weighted by Gasteiger charge is 2.30. The van der Waals surface area contributed by atoms with Gasteiger partial charge in [0.15, 0.2) is 17.9 Å². The Labute approximate surface area is 235 Å². The third-order valence-corrected chi connectivity index (χ3v) is 8.05. The number of aryl methyl sites for hydroxylation is 1. The number of para-hydroxylation sites is 1. The van der Waals surface area contributed by atoms with Gasteiger partial charge in [-0.2, -0.15) is 0 Å². The molecule has 2 aliphatic rings. The Morgan fingerprint density at radius 1 is 1.24 bits per heavy atom. The SMILES string of the molecule is Cn1c(-c2cc3cccc(OCCc4cnco4)c3n2CC2CC2)nc2cc3c(nc21)CCN(C[C@H](N)CF)C3=O. The number of pyridine rings is 1. The fourth-order valence-electron chi connectivity index (χ4n) is 5.74. The van der Waals surface area contributed by atoms with E-state index in [1.54, 1.807) is 11.1 Å². The van der Waals surface area contributed by atoms with E-state index in [9.17, 15) is 9.18 Å². The zero-order chi connectivity index (χ0) is 28.1. The summed E-state index contributed by atoms with van der Waals surface area (Å²) in [5.74, 6) is 2.83. The summed E-state index contributed by atoms with van der Waals surface area (Å²) in [7, 11) is 1.97. The number of imidazole rings is 1. The van der Waals surface area contributed by atoms with Crippen molar-refractivity contribution in [2.24, 2.45) is 18.7 Å². The Balaban J connectivity index is 1.27. The molecule has 0 spiro atoms. The first-order chi connectivity index (χ1) is 20.0. The Morgan fingerprint density at radius 2 is 2.12 bits per heavy atom. The van der Waals surface area contributed by atoms with E-state index in [1.165, 1.54) is 19.2 Å². The number of nitrogens with zero attached hydrogens (tertiary/aromatic N) is 6. The summed E-state index contributed by atoms with van der Waals surface area (Å²) in [5.41, 5.74) is 10.5. The van der Waals surface area contributed by atoms with E-state index in [1.807, 2.05) is 29.8 Å². The van der Waals surface area contributed by atoms with Gasteiger partial charge in [-0.15, -0.1) is 0 Å². The molecule has 10 nitrogen and oxygen atoms in total. The third-order valence-electron chi connectivity index (χ3n) is 8.05. The molecular weight excluding hydrogens is 525 g/mol. The number of nitrogens with two attached hydrogens (primary N) is 1. The van der Waals surface area contributed by atoms with Gasteiger partial charge in [0.1, 0.15) is 23.7 Å². The molecule has 0 radical (unpaired) electrons. The van der Waals surface area contributed by atoms with Crippen molar-refractivity contribution in [1.29, 1.82) is 0 Å². The number of alkyl halides is 1. The number of ether oxygens (including phenoxy) is 1. The second kappa shape index (κ2) is 10.3. The highest BCUT2D eigenvalue weighted by Crippen LogP contribution is 2.39. The number of hydrogen-bond acceptors (Lipinski definition) is 7. The summed E-state index contributed by atoms with van der Waals surface area (Å²) in [6.07, 6.45) is 6.76. The van der Waals surface area contributed by atoms with Gasteiger partial charge in [-0.3, -0.25) is 4.79 Å². The first-order valence-corrected chi connectivity index (χ1v) is 14.1. The van der Waals surface area contributed by atoms with E-state index in [-0.39, 0.29) is 12.5 Å². The Bertz CT molecular complexity index is 1740. The first-order valence-electron chi connectivity index (χ1n) is 14.1. The fourth-order valence-corrected chi connectivity index (χ4v) is 5.74. The maximum atomic E-state index is 13.2. The zero-order valence-corrected chi connectivity index (χ0v) is 22.9. The van der Waals surface area contributed by atoms with Crippen LogP contribution in [0.2, 0.25) is 0 Å². The number of amides is 1. The number of oxazole rings is 1. The number of aromatic nitrogens is 5. The van der Waals surface area contributed by atoms with E-state index in [2.05, 4.69) is 21.7 Å². The lowest BCUT2D eigenvalue weighted by Crippen LogP contribution is -2.45. The van der Waals surface area contributed by atoms with Crippen molar-refractivity contribution < 1.29 is 18.3 Å². The molecule has 0 unspecified atom stereocenters. The van der Waals surface area contributed by atoms with Crippen molar-refractivity contribution in [3.63, 3.8) is 0 Å². The minimum atomic E-state index is -0.692. The molecule has 11 heteroatoms. The maximum absolute atomic E-state index is 13.2.